The van der Waals surface area contributed by atoms with Crippen LogP contribution in [0, 0.1) is 0 Å². The number of nitrogens with zero attached hydrogens (tertiary/aromatic N) is 3. The third-order valence-electron chi connectivity index (χ3n) is 2.66. The van der Waals surface area contributed by atoms with E-state index in [-0.39, 0.29) is 5.91 Å². The number of aromatic nitrogens is 3. The summed E-state index contributed by atoms with van der Waals surface area (Å²) in [6.07, 6.45) is 5.46. The van der Waals surface area contributed by atoms with Crippen molar-refractivity contribution in [1.29, 1.82) is 0 Å². The van der Waals surface area contributed by atoms with E-state index in [4.69, 9.17) is 0 Å². The molecule has 1 fully saturated rings. The van der Waals surface area contributed by atoms with Crippen molar-refractivity contribution in [3.63, 3.8) is 0 Å². The molecule has 1 saturated heterocycles. The number of rotatable bonds is 3. The van der Waals surface area contributed by atoms with Gasteiger partial charge in [0.05, 0.1) is 12.7 Å². The van der Waals surface area contributed by atoms with Crippen molar-refractivity contribution >= 4 is 11.7 Å². The van der Waals surface area contributed by atoms with Crippen LogP contribution in [0.25, 0.3) is 0 Å². The van der Waals surface area contributed by atoms with Crippen molar-refractivity contribution in [3.8, 4) is 0 Å². The third kappa shape index (κ3) is 3.03. The lowest BCUT2D eigenvalue weighted by atomic mass is 10.1. The summed E-state index contributed by atoms with van der Waals surface area (Å²) < 4.78 is 1.77. The second-order valence-electron chi connectivity index (χ2n) is 4.15. The molecule has 2 rings (SSSR count). The average molecular weight is 223 g/mol. The smallest absolute Gasteiger partial charge is 0.222 e. The molecule has 6 heteroatoms. The van der Waals surface area contributed by atoms with Gasteiger partial charge in [0.15, 0.2) is 5.82 Å². The molecule has 6 nitrogen and oxygen atoms in total. The summed E-state index contributed by atoms with van der Waals surface area (Å²) in [5, 5.41) is 13.9. The summed E-state index contributed by atoms with van der Waals surface area (Å²) in [6, 6.07) is 0.473. The first-order valence-electron chi connectivity index (χ1n) is 5.65. The molecule has 2 N–H and O–H groups in total. The predicted octanol–water partition coefficient (Wildman–Crippen LogP) is 0.379. The van der Waals surface area contributed by atoms with Crippen molar-refractivity contribution in [3.05, 3.63) is 6.20 Å². The maximum Gasteiger partial charge on any atom is 0.222 e. The van der Waals surface area contributed by atoms with E-state index in [1.54, 1.807) is 10.9 Å². The Bertz CT molecular complexity index is 356. The fraction of sp³-hybridized carbons (Fsp3) is 0.700. The van der Waals surface area contributed by atoms with Gasteiger partial charge in [-0.15, -0.1) is 5.10 Å². The first-order chi connectivity index (χ1) is 7.74. The number of anilines is 1. The van der Waals surface area contributed by atoms with Crippen LogP contribution in [-0.4, -0.2) is 33.5 Å². The zero-order valence-corrected chi connectivity index (χ0v) is 9.44. The van der Waals surface area contributed by atoms with Gasteiger partial charge in [-0.3, -0.25) is 4.79 Å². The minimum atomic E-state index is -0.122. The molecule has 1 atom stereocenters. The van der Waals surface area contributed by atoms with Gasteiger partial charge in [0.2, 0.25) is 5.91 Å². The Balaban J connectivity index is 1.88. The molecular weight excluding hydrogens is 206 g/mol. The number of hydrogen-bond donors (Lipinski definition) is 2. The molecule has 1 unspecified atom stereocenters. The number of hydrogen-bond acceptors (Lipinski definition) is 4. The highest BCUT2D eigenvalue weighted by atomic mass is 16.1. The molecule has 2 heterocycles. The van der Waals surface area contributed by atoms with Gasteiger partial charge in [0.1, 0.15) is 0 Å². The molecule has 1 aromatic heterocycles. The zero-order valence-electron chi connectivity index (χ0n) is 9.44. The highest BCUT2D eigenvalue weighted by Gasteiger charge is 2.13. The van der Waals surface area contributed by atoms with Crippen LogP contribution in [0.3, 0.4) is 0 Å². The number of piperidine rings is 1. The second-order valence-corrected chi connectivity index (χ2v) is 4.15. The summed E-state index contributed by atoms with van der Waals surface area (Å²) in [6.45, 7) is 3.35. The standard InChI is InChI=1S/C10H17N5O/c1-8(16)12-10-7-15(14-13-10)6-9-4-2-3-5-11-9/h7,9,11H,2-6H2,1H3,(H,12,16). The Kier molecular flexibility index (Phi) is 3.51. The fourth-order valence-electron chi connectivity index (χ4n) is 1.93. The minimum absolute atomic E-state index is 0.122. The quantitative estimate of drug-likeness (QED) is 0.777. The maximum atomic E-state index is 10.8. The summed E-state index contributed by atoms with van der Waals surface area (Å²) in [7, 11) is 0. The van der Waals surface area contributed by atoms with Crippen LogP contribution in [0.2, 0.25) is 0 Å². The molecule has 16 heavy (non-hydrogen) atoms. The SMILES string of the molecule is CC(=O)Nc1cn(CC2CCCCN2)nn1. The Morgan fingerprint density at radius 3 is 3.25 bits per heavy atom. The van der Waals surface area contributed by atoms with Crippen LogP contribution in [0.5, 0.6) is 0 Å². The molecule has 1 aromatic rings. The zero-order chi connectivity index (χ0) is 11.4. The van der Waals surface area contributed by atoms with Crippen molar-refractivity contribution in [2.45, 2.75) is 38.8 Å². The molecule has 0 spiro atoms. The van der Waals surface area contributed by atoms with Crippen LogP contribution in [0.4, 0.5) is 5.82 Å². The summed E-state index contributed by atoms with van der Waals surface area (Å²) in [5.41, 5.74) is 0. The van der Waals surface area contributed by atoms with Gasteiger partial charge in [0, 0.05) is 13.0 Å². The average Bonchev–Trinajstić information content (AvgIpc) is 2.66. The lowest BCUT2D eigenvalue weighted by molar-refractivity contribution is -0.114. The molecule has 1 aliphatic heterocycles. The topological polar surface area (TPSA) is 71.8 Å². The number of amides is 1. The van der Waals surface area contributed by atoms with Crippen LogP contribution in [0.15, 0.2) is 6.20 Å². The van der Waals surface area contributed by atoms with E-state index in [0.717, 1.165) is 13.1 Å². The maximum absolute atomic E-state index is 10.8. The van der Waals surface area contributed by atoms with E-state index in [9.17, 15) is 4.79 Å². The Labute approximate surface area is 94.4 Å². The molecule has 1 aliphatic rings. The minimum Gasteiger partial charge on any atom is -0.312 e. The van der Waals surface area contributed by atoms with Crippen molar-refractivity contribution in [2.24, 2.45) is 0 Å². The van der Waals surface area contributed by atoms with Crippen molar-refractivity contribution in [2.75, 3.05) is 11.9 Å². The molecule has 1 amide bonds. The third-order valence-corrected chi connectivity index (χ3v) is 2.66. The van der Waals surface area contributed by atoms with Crippen LogP contribution in [-0.2, 0) is 11.3 Å². The van der Waals surface area contributed by atoms with Gasteiger partial charge in [-0.05, 0) is 19.4 Å². The molecule has 88 valence electrons. The molecular formula is C10H17N5O. The Morgan fingerprint density at radius 2 is 2.56 bits per heavy atom. The van der Waals surface area contributed by atoms with Crippen molar-refractivity contribution < 1.29 is 4.79 Å². The van der Waals surface area contributed by atoms with Gasteiger partial charge >= 0.3 is 0 Å². The highest BCUT2D eigenvalue weighted by Crippen LogP contribution is 2.09. The predicted molar refractivity (Wildman–Crippen MR) is 60.0 cm³/mol. The van der Waals surface area contributed by atoms with E-state index in [1.807, 2.05) is 0 Å². The molecule has 0 aliphatic carbocycles. The van der Waals surface area contributed by atoms with Crippen molar-refractivity contribution in [1.82, 2.24) is 20.3 Å². The summed E-state index contributed by atoms with van der Waals surface area (Å²) >= 11 is 0. The Hall–Kier alpha value is -1.43. The number of carbonyl (C=O) groups is 1. The molecule has 0 saturated carbocycles. The van der Waals surface area contributed by atoms with Gasteiger partial charge in [-0.1, -0.05) is 11.6 Å². The molecule has 0 radical (unpaired) electrons. The lowest BCUT2D eigenvalue weighted by Gasteiger charge is -2.22. The number of carbonyl (C=O) groups excluding carboxylic acids is 1. The molecule has 0 aromatic carbocycles. The van der Waals surface area contributed by atoms with E-state index in [0.29, 0.717) is 11.9 Å². The van der Waals surface area contributed by atoms with Crippen LogP contribution in [0.1, 0.15) is 26.2 Å². The number of nitrogens with one attached hydrogen (secondary N) is 2. The Morgan fingerprint density at radius 1 is 1.69 bits per heavy atom. The highest BCUT2D eigenvalue weighted by molar-refractivity contribution is 5.87. The largest absolute Gasteiger partial charge is 0.312 e. The van der Waals surface area contributed by atoms with Gasteiger partial charge in [-0.25, -0.2) is 4.68 Å². The van der Waals surface area contributed by atoms with E-state index in [2.05, 4.69) is 20.9 Å². The van der Waals surface area contributed by atoms with Gasteiger partial charge < -0.3 is 10.6 Å². The van der Waals surface area contributed by atoms with Crippen LogP contribution >= 0.6 is 0 Å². The molecule has 0 bridgehead atoms. The summed E-state index contributed by atoms with van der Waals surface area (Å²) in [5.74, 6) is 0.395. The van der Waals surface area contributed by atoms with Gasteiger partial charge in [0.25, 0.3) is 0 Å². The summed E-state index contributed by atoms with van der Waals surface area (Å²) in [4.78, 5) is 10.8. The van der Waals surface area contributed by atoms with Gasteiger partial charge in [-0.2, -0.15) is 0 Å². The lowest BCUT2D eigenvalue weighted by Crippen LogP contribution is -2.37. The van der Waals surface area contributed by atoms with Crippen LogP contribution < -0.4 is 10.6 Å². The normalized spacial score (nSPS) is 20.7. The second kappa shape index (κ2) is 5.07. The van der Waals surface area contributed by atoms with E-state index < -0.39 is 0 Å². The fourth-order valence-corrected chi connectivity index (χ4v) is 1.93. The monoisotopic (exact) mass is 223 g/mol. The van der Waals surface area contributed by atoms with E-state index in [1.165, 1.54) is 26.2 Å². The van der Waals surface area contributed by atoms with E-state index >= 15 is 0 Å². The first kappa shape index (κ1) is 11.1. The first-order valence-corrected chi connectivity index (χ1v) is 5.65.